The van der Waals surface area contributed by atoms with Crippen molar-refractivity contribution in [3.63, 3.8) is 0 Å². The van der Waals surface area contributed by atoms with E-state index in [1.54, 1.807) is 21.3 Å². The average Bonchev–Trinajstić information content (AvgIpc) is 2.75. The van der Waals surface area contributed by atoms with E-state index in [1.807, 2.05) is 6.92 Å². The number of thioether (sulfide) groups is 1. The summed E-state index contributed by atoms with van der Waals surface area (Å²) in [7, 11) is 2.14. The molecule has 1 unspecified atom stereocenters. The number of hydrogen-bond donors (Lipinski definition) is 0. The van der Waals surface area contributed by atoms with Crippen LogP contribution in [0.5, 0.6) is 0 Å². The quantitative estimate of drug-likeness (QED) is 0.126. The van der Waals surface area contributed by atoms with E-state index in [1.165, 1.54) is 56.7 Å². The Morgan fingerprint density at radius 2 is 1.28 bits per heavy atom. The molecule has 172 valence electrons. The summed E-state index contributed by atoms with van der Waals surface area (Å²) in [6, 6.07) is 0.641. The van der Waals surface area contributed by atoms with Gasteiger partial charge in [0.15, 0.2) is 0 Å². The molecule has 0 bridgehead atoms. The average molecular weight is 449 g/mol. The summed E-state index contributed by atoms with van der Waals surface area (Å²) in [5, 5.41) is -0.209. The van der Waals surface area contributed by atoms with Crippen LogP contribution in [0.15, 0.2) is 0 Å². The largest absolute Gasteiger partial charge is 0.500 e. The molecule has 0 fully saturated rings. The molecule has 5 nitrogen and oxygen atoms in total. The highest BCUT2D eigenvalue weighted by Gasteiger charge is 2.38. The number of carbonyl (C=O) groups excluding carboxylic acids is 2. The van der Waals surface area contributed by atoms with Gasteiger partial charge in [0, 0.05) is 39.0 Å². The van der Waals surface area contributed by atoms with E-state index in [0.717, 1.165) is 32.1 Å². The first-order chi connectivity index (χ1) is 14.0. The summed E-state index contributed by atoms with van der Waals surface area (Å²) in [5.41, 5.74) is 0. The monoisotopic (exact) mass is 448 g/mol. The lowest BCUT2D eigenvalue weighted by Gasteiger charge is -2.25. The van der Waals surface area contributed by atoms with Gasteiger partial charge >= 0.3 is 8.80 Å². The molecule has 0 amide bonds. The molecule has 0 aromatic carbocycles. The zero-order chi connectivity index (χ0) is 22.0. The fourth-order valence-corrected chi connectivity index (χ4v) is 6.29. The minimum absolute atomic E-state index is 0.0893. The molecule has 0 N–H and O–H groups in total. The van der Waals surface area contributed by atoms with Crippen LogP contribution in [0.3, 0.4) is 0 Å². The van der Waals surface area contributed by atoms with Gasteiger partial charge in [0.1, 0.15) is 0 Å². The van der Waals surface area contributed by atoms with Crippen LogP contribution in [0.25, 0.3) is 0 Å². The van der Waals surface area contributed by atoms with Crippen molar-refractivity contribution in [3.05, 3.63) is 0 Å². The molecular formula is C22H44O5SSi. The van der Waals surface area contributed by atoms with Gasteiger partial charge in [0.25, 0.3) is 5.12 Å². The van der Waals surface area contributed by atoms with E-state index in [-0.39, 0.29) is 16.1 Å². The molecule has 7 heteroatoms. The van der Waals surface area contributed by atoms with Gasteiger partial charge in [0.2, 0.25) is 5.78 Å². The first-order valence-corrected chi connectivity index (χ1v) is 14.2. The van der Waals surface area contributed by atoms with Crippen molar-refractivity contribution < 1.29 is 22.9 Å². The van der Waals surface area contributed by atoms with Crippen LogP contribution in [0.1, 0.15) is 97.3 Å². The molecule has 0 spiro atoms. The van der Waals surface area contributed by atoms with Gasteiger partial charge in [-0.05, 0) is 19.3 Å². The normalized spacial score (nSPS) is 12.9. The Hall–Kier alpha value is -0.213. The molecule has 0 aliphatic heterocycles. The molecule has 0 saturated carbocycles. The third-order valence-electron chi connectivity index (χ3n) is 5.42. The molecule has 0 rings (SSSR count). The predicted octanol–water partition coefficient (Wildman–Crippen LogP) is 6.17. The standard InChI is InChI=1S/C22H44O5SSi/c1-6-8-9-10-11-12-13-14-15-16-17-21(23)22(24)28-20(7-2)18-19-29(25-3,26-4)27-5/h20H,6-19H2,1-5H3. The van der Waals surface area contributed by atoms with Crippen molar-refractivity contribution in [2.75, 3.05) is 21.3 Å². The molecule has 0 aliphatic rings. The number of Topliss-reactive ketones (excluding diaryl/α,β-unsaturated/α-hetero) is 1. The second kappa shape index (κ2) is 18.5. The SMILES string of the molecule is CCCCCCCCCCCCC(=O)C(=O)SC(CC)CC[Si](OC)(OC)OC. The summed E-state index contributed by atoms with van der Waals surface area (Å²) in [4.78, 5) is 24.4. The van der Waals surface area contributed by atoms with E-state index < -0.39 is 8.80 Å². The molecule has 0 radical (unpaired) electrons. The maximum Gasteiger partial charge on any atom is 0.500 e. The zero-order valence-corrected chi connectivity index (χ0v) is 21.2. The highest BCUT2D eigenvalue weighted by atomic mass is 32.2. The lowest BCUT2D eigenvalue weighted by atomic mass is 10.1. The van der Waals surface area contributed by atoms with Crippen LogP contribution < -0.4 is 0 Å². The number of hydrogen-bond acceptors (Lipinski definition) is 6. The van der Waals surface area contributed by atoms with Crippen LogP contribution in [0.4, 0.5) is 0 Å². The second-order valence-electron chi connectivity index (χ2n) is 7.62. The fourth-order valence-electron chi connectivity index (χ4n) is 3.33. The van der Waals surface area contributed by atoms with E-state index >= 15 is 0 Å². The minimum atomic E-state index is -2.63. The van der Waals surface area contributed by atoms with Crippen LogP contribution in [-0.2, 0) is 22.9 Å². The van der Waals surface area contributed by atoms with Gasteiger partial charge in [-0.2, -0.15) is 0 Å². The first-order valence-electron chi connectivity index (χ1n) is 11.4. The van der Waals surface area contributed by atoms with Crippen molar-refractivity contribution >= 4 is 31.5 Å². The Bertz CT molecular complexity index is 421. The Morgan fingerprint density at radius 3 is 1.72 bits per heavy atom. The van der Waals surface area contributed by atoms with Gasteiger partial charge < -0.3 is 13.3 Å². The van der Waals surface area contributed by atoms with Gasteiger partial charge in [-0.3, -0.25) is 9.59 Å². The Kier molecular flexibility index (Phi) is 18.4. The van der Waals surface area contributed by atoms with Crippen molar-refractivity contribution in [2.24, 2.45) is 0 Å². The second-order valence-corrected chi connectivity index (χ2v) is 12.0. The van der Waals surface area contributed by atoms with E-state index in [2.05, 4.69) is 6.92 Å². The van der Waals surface area contributed by atoms with Gasteiger partial charge in [-0.15, -0.1) is 0 Å². The zero-order valence-electron chi connectivity index (χ0n) is 19.4. The van der Waals surface area contributed by atoms with Crippen molar-refractivity contribution in [2.45, 2.75) is 109 Å². The summed E-state index contributed by atoms with van der Waals surface area (Å²) in [6.07, 6.45) is 14.2. The molecule has 1 atom stereocenters. The molecule has 0 saturated heterocycles. The van der Waals surface area contributed by atoms with E-state index in [9.17, 15) is 9.59 Å². The molecule has 0 aromatic rings. The van der Waals surface area contributed by atoms with E-state index in [0.29, 0.717) is 12.5 Å². The maximum atomic E-state index is 12.3. The summed E-state index contributed by atoms with van der Waals surface area (Å²) >= 11 is 1.17. The lowest BCUT2D eigenvalue weighted by Crippen LogP contribution is -2.43. The Balaban J connectivity index is 3.97. The minimum Gasteiger partial charge on any atom is -0.377 e. The molecule has 0 aromatic heterocycles. The fraction of sp³-hybridized carbons (Fsp3) is 0.909. The highest BCUT2D eigenvalue weighted by Crippen LogP contribution is 2.26. The first kappa shape index (κ1) is 28.8. The topological polar surface area (TPSA) is 61.8 Å². The molecular weight excluding hydrogens is 404 g/mol. The van der Waals surface area contributed by atoms with Crippen LogP contribution in [0.2, 0.25) is 6.04 Å². The van der Waals surface area contributed by atoms with Crippen molar-refractivity contribution in [3.8, 4) is 0 Å². The Morgan fingerprint density at radius 1 is 0.793 bits per heavy atom. The number of ketones is 1. The van der Waals surface area contributed by atoms with Crippen LogP contribution in [-0.4, -0.2) is 46.3 Å². The molecule has 29 heavy (non-hydrogen) atoms. The van der Waals surface area contributed by atoms with Gasteiger partial charge in [0.05, 0.1) is 0 Å². The number of rotatable bonds is 20. The predicted molar refractivity (Wildman–Crippen MR) is 124 cm³/mol. The van der Waals surface area contributed by atoms with Gasteiger partial charge in [-0.1, -0.05) is 83.4 Å². The Labute approximate surface area is 184 Å². The number of unbranched alkanes of at least 4 members (excludes halogenated alkanes) is 9. The van der Waals surface area contributed by atoms with Crippen molar-refractivity contribution in [1.29, 1.82) is 0 Å². The lowest BCUT2D eigenvalue weighted by molar-refractivity contribution is -0.131. The van der Waals surface area contributed by atoms with E-state index in [4.69, 9.17) is 13.3 Å². The molecule has 0 heterocycles. The summed E-state index contributed by atoms with van der Waals surface area (Å²) < 4.78 is 16.3. The summed E-state index contributed by atoms with van der Waals surface area (Å²) in [5.74, 6) is -0.234. The number of carbonyl (C=O) groups is 2. The van der Waals surface area contributed by atoms with Crippen LogP contribution >= 0.6 is 11.8 Å². The van der Waals surface area contributed by atoms with Crippen LogP contribution in [0, 0.1) is 0 Å². The smallest absolute Gasteiger partial charge is 0.377 e. The third-order valence-corrected chi connectivity index (χ3v) is 9.53. The molecule has 0 aliphatic carbocycles. The summed E-state index contributed by atoms with van der Waals surface area (Å²) in [6.45, 7) is 4.27. The van der Waals surface area contributed by atoms with Gasteiger partial charge in [-0.25, -0.2) is 0 Å². The maximum absolute atomic E-state index is 12.3. The van der Waals surface area contributed by atoms with Crippen molar-refractivity contribution in [1.82, 2.24) is 0 Å². The third kappa shape index (κ3) is 13.7. The highest BCUT2D eigenvalue weighted by molar-refractivity contribution is 8.15.